The van der Waals surface area contributed by atoms with Crippen LogP contribution in [0.4, 0.5) is 14.9 Å². The normalized spacial score (nSPS) is 12.4. The number of aromatic nitrogens is 1. The predicted octanol–water partition coefficient (Wildman–Crippen LogP) is 3.96. The Kier molecular flexibility index (Phi) is 7.16. The van der Waals surface area contributed by atoms with Gasteiger partial charge in [-0.25, -0.2) is 14.2 Å². The van der Waals surface area contributed by atoms with Gasteiger partial charge in [-0.15, -0.1) is 0 Å². The highest BCUT2D eigenvalue weighted by Crippen LogP contribution is 2.27. The molecule has 10 heteroatoms. The maximum absolute atomic E-state index is 14.3. The van der Waals surface area contributed by atoms with Crippen LogP contribution in [0.1, 0.15) is 48.5 Å². The fourth-order valence-corrected chi connectivity index (χ4v) is 2.68. The van der Waals surface area contributed by atoms with Crippen LogP contribution in [-0.4, -0.2) is 40.5 Å². The molecule has 0 aliphatic rings. The van der Waals surface area contributed by atoms with Crippen molar-refractivity contribution in [3.05, 3.63) is 29.4 Å². The van der Waals surface area contributed by atoms with Crippen LogP contribution in [0.15, 0.2) is 23.6 Å². The molecule has 0 bridgehead atoms. The molecule has 1 aromatic heterocycles. The first-order valence-electron chi connectivity index (χ1n) is 9.44. The van der Waals surface area contributed by atoms with Gasteiger partial charge in [-0.05, 0) is 60.6 Å². The SMILES string of the molecule is CC(C)(C)OC(=O)Nc1ccc(Oc2nc(BOC(C)(C)C(C)(C)O)cs2)cc1F. The molecule has 1 heterocycles. The Morgan fingerprint density at radius 2 is 1.87 bits per heavy atom. The fourth-order valence-electron chi connectivity index (χ4n) is 2.01. The van der Waals surface area contributed by atoms with E-state index in [1.807, 2.05) is 0 Å². The third-order valence-corrected chi connectivity index (χ3v) is 5.13. The lowest BCUT2D eigenvalue weighted by atomic mass is 9.85. The summed E-state index contributed by atoms with van der Waals surface area (Å²) in [5.74, 6) is -0.425. The van der Waals surface area contributed by atoms with E-state index >= 15 is 0 Å². The van der Waals surface area contributed by atoms with Crippen molar-refractivity contribution in [2.24, 2.45) is 0 Å². The van der Waals surface area contributed by atoms with Crippen molar-refractivity contribution in [2.75, 3.05) is 5.32 Å². The standard InChI is InChI=1S/C20H28BFN2O5S/c1-18(2,3)28-16(25)23-14-9-8-12(10-13(14)22)27-17-24-15(11-30-17)21-29-20(6,7)19(4,5)26/h8-11,21,26H,1-7H3,(H,23,25). The quantitative estimate of drug-likeness (QED) is 0.636. The van der Waals surface area contributed by atoms with Gasteiger partial charge in [-0.1, -0.05) is 11.3 Å². The number of rotatable bonds is 7. The van der Waals surface area contributed by atoms with Crippen LogP contribution in [0.5, 0.6) is 10.9 Å². The molecule has 7 nitrogen and oxygen atoms in total. The molecule has 1 amide bonds. The smallest absolute Gasteiger partial charge is 0.412 e. The van der Waals surface area contributed by atoms with Gasteiger partial charge in [0.15, 0.2) is 5.82 Å². The van der Waals surface area contributed by atoms with Crippen molar-refractivity contribution in [3.63, 3.8) is 0 Å². The summed E-state index contributed by atoms with van der Waals surface area (Å²) in [6.45, 7) is 12.1. The average Bonchev–Trinajstić information content (AvgIpc) is 3.00. The van der Waals surface area contributed by atoms with Gasteiger partial charge in [-0.3, -0.25) is 5.32 Å². The van der Waals surface area contributed by atoms with Crippen LogP contribution >= 0.6 is 11.3 Å². The molecule has 0 fully saturated rings. The van der Waals surface area contributed by atoms with Crippen molar-refractivity contribution in [2.45, 2.75) is 65.3 Å². The second-order valence-electron chi connectivity index (χ2n) is 8.83. The van der Waals surface area contributed by atoms with E-state index in [0.717, 1.165) is 6.07 Å². The molecule has 0 saturated carbocycles. The number of halogens is 1. The zero-order valence-electron chi connectivity index (χ0n) is 18.3. The number of carbonyl (C=O) groups excluding carboxylic acids is 1. The molecule has 2 aromatic rings. The summed E-state index contributed by atoms with van der Waals surface area (Å²) in [6, 6.07) is 4.06. The highest BCUT2D eigenvalue weighted by Gasteiger charge is 2.35. The monoisotopic (exact) mass is 438 g/mol. The van der Waals surface area contributed by atoms with Crippen molar-refractivity contribution >= 4 is 36.2 Å². The second-order valence-corrected chi connectivity index (χ2v) is 9.65. The Labute approximate surface area is 180 Å². The number of nitrogens with one attached hydrogen (secondary N) is 1. The highest BCUT2D eigenvalue weighted by atomic mass is 32.1. The predicted molar refractivity (Wildman–Crippen MR) is 117 cm³/mol. The van der Waals surface area contributed by atoms with E-state index in [0.29, 0.717) is 10.8 Å². The number of benzene rings is 1. The van der Waals surface area contributed by atoms with E-state index in [1.54, 1.807) is 53.8 Å². The first-order valence-corrected chi connectivity index (χ1v) is 10.3. The molecule has 0 aliphatic heterocycles. The van der Waals surface area contributed by atoms with Crippen molar-refractivity contribution in [3.8, 4) is 10.9 Å². The molecule has 1 aromatic carbocycles. The number of ether oxygens (including phenoxy) is 2. The summed E-state index contributed by atoms with van der Waals surface area (Å²) in [6.07, 6.45) is -0.742. The molecule has 0 unspecified atom stereocenters. The molecule has 0 radical (unpaired) electrons. The van der Waals surface area contributed by atoms with E-state index in [1.165, 1.54) is 23.5 Å². The van der Waals surface area contributed by atoms with Crippen LogP contribution < -0.4 is 15.6 Å². The number of carbonyl (C=O) groups is 1. The van der Waals surface area contributed by atoms with Crippen LogP contribution in [0, 0.1) is 5.82 Å². The number of nitrogens with zero attached hydrogens (tertiary/aromatic N) is 1. The van der Waals surface area contributed by atoms with Crippen LogP contribution in [-0.2, 0) is 9.39 Å². The number of hydrogen-bond acceptors (Lipinski definition) is 7. The van der Waals surface area contributed by atoms with Crippen molar-refractivity contribution in [1.82, 2.24) is 4.98 Å². The Morgan fingerprint density at radius 1 is 1.20 bits per heavy atom. The minimum atomic E-state index is -1.02. The lowest BCUT2D eigenvalue weighted by Crippen LogP contribution is -2.49. The number of thiazole rings is 1. The van der Waals surface area contributed by atoms with Gasteiger partial charge in [-0.2, -0.15) is 0 Å². The maximum Gasteiger partial charge on any atom is 0.412 e. The summed E-state index contributed by atoms with van der Waals surface area (Å²) >= 11 is 1.24. The first-order chi connectivity index (χ1) is 13.7. The molecule has 0 spiro atoms. The number of anilines is 1. The van der Waals surface area contributed by atoms with Gasteiger partial charge >= 0.3 is 13.6 Å². The maximum atomic E-state index is 14.3. The highest BCUT2D eigenvalue weighted by molar-refractivity contribution is 7.12. The molecule has 0 atom stereocenters. The lowest BCUT2D eigenvalue weighted by Gasteiger charge is -2.37. The molecule has 0 aliphatic carbocycles. The summed E-state index contributed by atoms with van der Waals surface area (Å²) in [5.41, 5.74) is -1.85. The molecular formula is C20H28BFN2O5S. The van der Waals surface area contributed by atoms with Gasteiger partial charge in [0.05, 0.1) is 16.9 Å². The van der Waals surface area contributed by atoms with E-state index in [-0.39, 0.29) is 18.9 Å². The summed E-state index contributed by atoms with van der Waals surface area (Å²) in [7, 11) is 0.198. The summed E-state index contributed by atoms with van der Waals surface area (Å²) < 4.78 is 30.8. The Morgan fingerprint density at radius 3 is 2.43 bits per heavy atom. The minimum absolute atomic E-state index is 0.0151. The number of amides is 1. The first kappa shape index (κ1) is 24.1. The lowest BCUT2D eigenvalue weighted by molar-refractivity contribution is -0.0893. The van der Waals surface area contributed by atoms with Crippen LogP contribution in [0.2, 0.25) is 0 Å². The van der Waals surface area contributed by atoms with Crippen molar-refractivity contribution < 1.29 is 28.4 Å². The van der Waals surface area contributed by atoms with Gasteiger partial charge in [0, 0.05) is 17.0 Å². The topological polar surface area (TPSA) is 89.9 Å². The van der Waals surface area contributed by atoms with Gasteiger partial charge in [0.1, 0.15) is 11.4 Å². The zero-order chi connectivity index (χ0) is 22.7. The Balaban J connectivity index is 1.98. The third-order valence-electron chi connectivity index (χ3n) is 4.37. The Bertz CT molecular complexity index is 890. The zero-order valence-corrected chi connectivity index (χ0v) is 19.1. The number of aliphatic hydroxyl groups is 1. The third kappa shape index (κ3) is 6.96. The van der Waals surface area contributed by atoms with E-state index in [9.17, 15) is 14.3 Å². The van der Waals surface area contributed by atoms with Crippen LogP contribution in [0.3, 0.4) is 0 Å². The van der Waals surface area contributed by atoms with Gasteiger partial charge < -0.3 is 19.2 Å². The fraction of sp³-hybridized carbons (Fsp3) is 0.500. The number of hydrogen-bond donors (Lipinski definition) is 2. The summed E-state index contributed by atoms with van der Waals surface area (Å²) in [4.78, 5) is 16.1. The molecular weight excluding hydrogens is 410 g/mol. The largest absolute Gasteiger partial charge is 0.444 e. The van der Waals surface area contributed by atoms with E-state index in [4.69, 9.17) is 14.1 Å². The van der Waals surface area contributed by atoms with Gasteiger partial charge in [0.2, 0.25) is 0 Å². The second kappa shape index (κ2) is 8.91. The average molecular weight is 438 g/mol. The van der Waals surface area contributed by atoms with E-state index in [2.05, 4.69) is 10.3 Å². The van der Waals surface area contributed by atoms with Gasteiger partial charge in [0.25, 0.3) is 5.19 Å². The Hall–Kier alpha value is -2.17. The van der Waals surface area contributed by atoms with E-state index < -0.39 is 28.7 Å². The molecule has 2 N–H and O–H groups in total. The molecule has 30 heavy (non-hydrogen) atoms. The molecule has 0 saturated heterocycles. The van der Waals surface area contributed by atoms with Crippen molar-refractivity contribution in [1.29, 1.82) is 0 Å². The van der Waals surface area contributed by atoms with Crippen LogP contribution in [0.25, 0.3) is 0 Å². The minimum Gasteiger partial charge on any atom is -0.444 e. The molecule has 2 rings (SSSR count). The summed E-state index contributed by atoms with van der Waals surface area (Å²) in [5, 5.41) is 14.6. The molecule has 164 valence electrons.